The van der Waals surface area contributed by atoms with Crippen molar-refractivity contribution in [3.63, 3.8) is 0 Å². The van der Waals surface area contributed by atoms with E-state index in [1.807, 2.05) is 6.92 Å². The molecule has 0 aliphatic heterocycles. The van der Waals surface area contributed by atoms with Crippen LogP contribution in [0.5, 0.6) is 11.8 Å². The van der Waals surface area contributed by atoms with Crippen LogP contribution >= 0.6 is 11.9 Å². The van der Waals surface area contributed by atoms with Gasteiger partial charge in [0.15, 0.2) is 0 Å². The minimum atomic E-state index is 0.0874. The van der Waals surface area contributed by atoms with Gasteiger partial charge in [-0.1, -0.05) is 6.92 Å². The van der Waals surface area contributed by atoms with Crippen molar-refractivity contribution in [1.29, 1.82) is 0 Å². The Morgan fingerprint density at radius 3 is 2.30 bits per heavy atom. The normalized spacial score (nSPS) is 10.1. The van der Waals surface area contributed by atoms with E-state index in [2.05, 4.69) is 0 Å². The molecule has 1 aromatic heterocycles. The Labute approximate surface area is 63.4 Å². The van der Waals surface area contributed by atoms with E-state index in [0.717, 1.165) is 5.75 Å². The molecule has 0 fully saturated rings. The average Bonchev–Trinajstić information content (AvgIpc) is 2.20. The first-order chi connectivity index (χ1) is 4.75. The predicted octanol–water partition coefficient (Wildman–Crippen LogP) is 1.42. The van der Waals surface area contributed by atoms with Crippen LogP contribution < -0.4 is 0 Å². The highest BCUT2D eigenvalue weighted by Crippen LogP contribution is 2.26. The van der Waals surface area contributed by atoms with Crippen LogP contribution in [0.3, 0.4) is 0 Å². The second-order valence-corrected chi connectivity index (χ2v) is 2.96. The van der Waals surface area contributed by atoms with E-state index in [1.54, 1.807) is 0 Å². The summed E-state index contributed by atoms with van der Waals surface area (Å²) in [4.78, 5) is 0. The van der Waals surface area contributed by atoms with E-state index < -0.39 is 0 Å². The number of hydrogen-bond acceptors (Lipinski definition) is 3. The van der Waals surface area contributed by atoms with Crippen LogP contribution in [0.15, 0.2) is 12.1 Å². The highest BCUT2D eigenvalue weighted by atomic mass is 32.2. The summed E-state index contributed by atoms with van der Waals surface area (Å²) in [5.41, 5.74) is 0. The third-order valence-electron chi connectivity index (χ3n) is 1.06. The van der Waals surface area contributed by atoms with Crippen LogP contribution in [-0.4, -0.2) is 19.9 Å². The van der Waals surface area contributed by atoms with Gasteiger partial charge in [-0.15, -0.1) is 0 Å². The third-order valence-corrected chi connectivity index (χ3v) is 1.95. The molecule has 0 radical (unpaired) electrons. The zero-order valence-electron chi connectivity index (χ0n) is 5.61. The molecule has 0 aromatic carbocycles. The molecular formula is C6H9NO2S. The molecule has 1 rings (SSSR count). The lowest BCUT2D eigenvalue weighted by molar-refractivity contribution is 0.416. The minimum absolute atomic E-state index is 0.0874. The van der Waals surface area contributed by atoms with Crippen LogP contribution in [0.25, 0.3) is 0 Å². The molecule has 0 aliphatic carbocycles. The van der Waals surface area contributed by atoms with E-state index in [1.165, 1.54) is 28.1 Å². The molecule has 0 bridgehead atoms. The largest absolute Gasteiger partial charge is 0.494 e. The van der Waals surface area contributed by atoms with Crippen molar-refractivity contribution in [2.75, 3.05) is 5.75 Å². The molecule has 4 heteroatoms. The van der Waals surface area contributed by atoms with Gasteiger partial charge in [0.05, 0.1) is 0 Å². The predicted molar refractivity (Wildman–Crippen MR) is 41.3 cm³/mol. The smallest absolute Gasteiger partial charge is 0.204 e. The Morgan fingerprint density at radius 1 is 1.40 bits per heavy atom. The number of aromatic hydroxyl groups is 2. The highest BCUT2D eigenvalue weighted by molar-refractivity contribution is 7.97. The molecule has 3 nitrogen and oxygen atoms in total. The maximum atomic E-state index is 9.04. The summed E-state index contributed by atoms with van der Waals surface area (Å²) < 4.78 is 1.38. The molecule has 0 amide bonds. The van der Waals surface area contributed by atoms with Crippen molar-refractivity contribution in [3.8, 4) is 11.8 Å². The van der Waals surface area contributed by atoms with Crippen LogP contribution in [-0.2, 0) is 0 Å². The fraction of sp³-hybridized carbons (Fsp3) is 0.333. The molecule has 0 saturated heterocycles. The Hall–Kier alpha value is -0.770. The van der Waals surface area contributed by atoms with Gasteiger partial charge < -0.3 is 10.2 Å². The second-order valence-electron chi connectivity index (χ2n) is 1.76. The van der Waals surface area contributed by atoms with Crippen LogP contribution in [0.2, 0.25) is 0 Å². The van der Waals surface area contributed by atoms with Gasteiger partial charge in [-0.3, -0.25) is 0 Å². The molecule has 1 heterocycles. The summed E-state index contributed by atoms with van der Waals surface area (Å²) in [5.74, 6) is 0.990. The van der Waals surface area contributed by atoms with E-state index >= 15 is 0 Å². The molecule has 2 N–H and O–H groups in total. The first-order valence-corrected chi connectivity index (χ1v) is 3.93. The van der Waals surface area contributed by atoms with Crippen molar-refractivity contribution >= 4 is 11.9 Å². The van der Waals surface area contributed by atoms with Crippen LogP contribution in [0, 0.1) is 0 Å². The maximum absolute atomic E-state index is 9.04. The summed E-state index contributed by atoms with van der Waals surface area (Å²) >= 11 is 1.35. The lowest BCUT2D eigenvalue weighted by Crippen LogP contribution is -1.84. The quantitative estimate of drug-likeness (QED) is 0.686. The van der Waals surface area contributed by atoms with E-state index in [-0.39, 0.29) is 11.8 Å². The third kappa shape index (κ3) is 1.21. The standard InChI is InChI=1S/C6H9NO2S/c1-2-10-7-5(8)3-4-6(7)9/h3-4,8-9H,2H2,1H3. The molecule has 56 valence electrons. The monoisotopic (exact) mass is 159 g/mol. The lowest BCUT2D eigenvalue weighted by Gasteiger charge is -2.01. The first-order valence-electron chi connectivity index (χ1n) is 2.98. The molecular weight excluding hydrogens is 150 g/mol. The first kappa shape index (κ1) is 7.34. The van der Waals surface area contributed by atoms with Gasteiger partial charge in [0.1, 0.15) is 0 Å². The van der Waals surface area contributed by atoms with Gasteiger partial charge in [-0.2, -0.15) is 0 Å². The van der Waals surface area contributed by atoms with Crippen molar-refractivity contribution in [1.82, 2.24) is 3.97 Å². The minimum Gasteiger partial charge on any atom is -0.494 e. The summed E-state index contributed by atoms with van der Waals surface area (Å²) in [7, 11) is 0. The summed E-state index contributed by atoms with van der Waals surface area (Å²) in [6, 6.07) is 2.91. The van der Waals surface area contributed by atoms with Gasteiger partial charge in [-0.05, 0) is 11.9 Å². The highest BCUT2D eigenvalue weighted by Gasteiger charge is 2.03. The molecule has 0 aliphatic rings. The molecule has 0 spiro atoms. The molecule has 1 aromatic rings. The van der Waals surface area contributed by atoms with E-state index in [4.69, 9.17) is 10.2 Å². The van der Waals surface area contributed by atoms with E-state index in [9.17, 15) is 0 Å². The van der Waals surface area contributed by atoms with Gasteiger partial charge in [0.25, 0.3) is 0 Å². The summed E-state index contributed by atoms with van der Waals surface area (Å²) in [5, 5.41) is 18.1. The maximum Gasteiger partial charge on any atom is 0.204 e. The Kier molecular flexibility index (Phi) is 2.11. The molecule has 0 saturated carbocycles. The number of hydrogen-bond donors (Lipinski definition) is 2. The molecule has 10 heavy (non-hydrogen) atoms. The topological polar surface area (TPSA) is 45.4 Å². The molecule has 0 atom stereocenters. The van der Waals surface area contributed by atoms with Crippen LogP contribution in [0.4, 0.5) is 0 Å². The van der Waals surface area contributed by atoms with Gasteiger partial charge in [-0.25, -0.2) is 3.97 Å². The van der Waals surface area contributed by atoms with Gasteiger partial charge in [0.2, 0.25) is 11.8 Å². The Morgan fingerprint density at radius 2 is 1.90 bits per heavy atom. The SMILES string of the molecule is CCSn1c(O)ccc1O. The average molecular weight is 159 g/mol. The Bertz CT molecular complexity index is 202. The van der Waals surface area contributed by atoms with Crippen molar-refractivity contribution in [2.24, 2.45) is 0 Å². The zero-order valence-corrected chi connectivity index (χ0v) is 6.43. The van der Waals surface area contributed by atoms with Crippen molar-refractivity contribution in [2.45, 2.75) is 6.92 Å². The summed E-state index contributed by atoms with van der Waals surface area (Å²) in [6.07, 6.45) is 0. The Balaban J connectivity index is 2.87. The second kappa shape index (κ2) is 2.88. The fourth-order valence-corrected chi connectivity index (χ4v) is 1.31. The van der Waals surface area contributed by atoms with Gasteiger partial charge in [0, 0.05) is 17.9 Å². The number of nitrogens with zero attached hydrogens (tertiary/aromatic N) is 1. The zero-order chi connectivity index (χ0) is 7.56. The number of rotatable bonds is 2. The van der Waals surface area contributed by atoms with Crippen molar-refractivity contribution in [3.05, 3.63) is 12.1 Å². The van der Waals surface area contributed by atoms with Crippen LogP contribution in [0.1, 0.15) is 6.92 Å². The lowest BCUT2D eigenvalue weighted by atomic mass is 10.6. The number of aromatic nitrogens is 1. The van der Waals surface area contributed by atoms with Gasteiger partial charge >= 0.3 is 0 Å². The fourth-order valence-electron chi connectivity index (χ4n) is 0.663. The molecule has 0 unspecified atom stereocenters. The van der Waals surface area contributed by atoms with Crippen molar-refractivity contribution < 1.29 is 10.2 Å². The summed E-state index contributed by atoms with van der Waals surface area (Å²) in [6.45, 7) is 1.95. The van der Waals surface area contributed by atoms with E-state index in [0.29, 0.717) is 0 Å².